The van der Waals surface area contributed by atoms with E-state index in [1.807, 2.05) is 29.2 Å². The lowest BCUT2D eigenvalue weighted by molar-refractivity contribution is -0.128. The van der Waals surface area contributed by atoms with E-state index in [0.29, 0.717) is 18.9 Å². The Labute approximate surface area is 127 Å². The van der Waals surface area contributed by atoms with Crippen molar-refractivity contribution in [3.05, 3.63) is 35.4 Å². The number of hydrogen-bond donors (Lipinski definition) is 1. The second kappa shape index (κ2) is 6.32. The minimum Gasteiger partial charge on any atom is -0.384 e. The number of hydrogen-bond acceptors (Lipinski definition) is 2. The molecule has 2 rings (SSSR count). The predicted octanol–water partition coefficient (Wildman–Crippen LogP) is 2.43. The Morgan fingerprint density at radius 2 is 2.14 bits per heavy atom. The Hall–Kier alpha value is -1.79. The number of aliphatic hydroxyl groups excluding tert-OH is 1. The molecule has 0 aliphatic carbocycles. The summed E-state index contributed by atoms with van der Waals surface area (Å²) in [6.45, 7) is 7.91. The molecule has 21 heavy (non-hydrogen) atoms. The highest BCUT2D eigenvalue weighted by atomic mass is 16.2. The summed E-state index contributed by atoms with van der Waals surface area (Å²) in [6, 6.07) is 7.86. The molecule has 1 heterocycles. The number of nitrogens with zero attached hydrogens (tertiary/aromatic N) is 1. The van der Waals surface area contributed by atoms with Gasteiger partial charge in [-0.05, 0) is 29.0 Å². The van der Waals surface area contributed by atoms with Crippen LogP contribution in [0, 0.1) is 23.2 Å². The molecule has 1 saturated heterocycles. The van der Waals surface area contributed by atoms with E-state index in [4.69, 9.17) is 5.11 Å². The quantitative estimate of drug-likeness (QED) is 0.848. The molecule has 3 nitrogen and oxygen atoms in total. The molecule has 1 fully saturated rings. The van der Waals surface area contributed by atoms with Crippen LogP contribution in [0.4, 0.5) is 0 Å². The third kappa shape index (κ3) is 4.09. The molecular formula is C18H23NO2. The molecule has 1 atom stereocenters. The zero-order valence-corrected chi connectivity index (χ0v) is 13.0. The number of aliphatic hydroxyl groups is 1. The van der Waals surface area contributed by atoms with Crippen molar-refractivity contribution >= 4 is 5.91 Å². The van der Waals surface area contributed by atoms with Crippen LogP contribution in [-0.4, -0.2) is 29.1 Å². The number of amides is 1. The molecule has 1 aromatic carbocycles. The Morgan fingerprint density at radius 3 is 2.76 bits per heavy atom. The number of benzene rings is 1. The fourth-order valence-corrected chi connectivity index (χ4v) is 2.61. The fraction of sp³-hybridized carbons (Fsp3) is 0.500. The van der Waals surface area contributed by atoms with Gasteiger partial charge in [-0.15, -0.1) is 0 Å². The molecule has 1 aliphatic heterocycles. The molecule has 1 amide bonds. The predicted molar refractivity (Wildman–Crippen MR) is 83.4 cm³/mol. The fourth-order valence-electron chi connectivity index (χ4n) is 2.61. The smallest absolute Gasteiger partial charge is 0.223 e. The minimum atomic E-state index is -0.137. The summed E-state index contributed by atoms with van der Waals surface area (Å²) in [6.07, 6.45) is 0.646. The van der Waals surface area contributed by atoms with Gasteiger partial charge in [0.2, 0.25) is 5.91 Å². The zero-order chi connectivity index (χ0) is 15.5. The summed E-state index contributed by atoms with van der Waals surface area (Å²) in [4.78, 5) is 14.1. The maximum absolute atomic E-state index is 12.2. The van der Waals surface area contributed by atoms with Crippen LogP contribution in [0.15, 0.2) is 24.3 Å². The van der Waals surface area contributed by atoms with Crippen LogP contribution < -0.4 is 0 Å². The highest BCUT2D eigenvalue weighted by Crippen LogP contribution is 2.34. The molecule has 0 bridgehead atoms. The summed E-state index contributed by atoms with van der Waals surface area (Å²) in [5.74, 6) is 6.20. The SMILES string of the molecule is CC(C)(C)C1CC(=O)N(Cc2cccc(C#CCO)c2)C1. The van der Waals surface area contributed by atoms with E-state index in [0.717, 1.165) is 17.7 Å². The topological polar surface area (TPSA) is 40.5 Å². The van der Waals surface area contributed by atoms with E-state index < -0.39 is 0 Å². The maximum atomic E-state index is 12.2. The van der Waals surface area contributed by atoms with Crippen molar-refractivity contribution in [2.24, 2.45) is 11.3 Å². The summed E-state index contributed by atoms with van der Waals surface area (Å²) >= 11 is 0. The van der Waals surface area contributed by atoms with Gasteiger partial charge in [0.05, 0.1) is 0 Å². The first-order valence-corrected chi connectivity index (χ1v) is 7.36. The first-order valence-electron chi connectivity index (χ1n) is 7.36. The van der Waals surface area contributed by atoms with E-state index in [9.17, 15) is 4.79 Å². The molecule has 1 N–H and O–H groups in total. The molecule has 0 spiro atoms. The normalized spacial score (nSPS) is 18.6. The Kier molecular flexibility index (Phi) is 4.69. The first kappa shape index (κ1) is 15.6. The molecule has 1 unspecified atom stereocenters. The standard InChI is InChI=1S/C18H23NO2/c1-18(2,3)16-11-17(21)19(13-16)12-15-7-4-6-14(10-15)8-5-9-20/h4,6-7,10,16,20H,9,11-13H2,1-3H3. The van der Waals surface area contributed by atoms with Crippen molar-refractivity contribution in [2.75, 3.05) is 13.2 Å². The van der Waals surface area contributed by atoms with Crippen molar-refractivity contribution in [3.63, 3.8) is 0 Å². The van der Waals surface area contributed by atoms with E-state index in [1.165, 1.54) is 0 Å². The van der Waals surface area contributed by atoms with Gasteiger partial charge in [0, 0.05) is 25.1 Å². The molecule has 1 aliphatic rings. The molecule has 1 aromatic rings. The average molecular weight is 285 g/mol. The number of likely N-dealkylation sites (tertiary alicyclic amines) is 1. The second-order valence-electron chi connectivity index (χ2n) is 6.70. The van der Waals surface area contributed by atoms with Gasteiger partial charge in [-0.3, -0.25) is 4.79 Å². The van der Waals surface area contributed by atoms with Crippen LogP contribution in [0.5, 0.6) is 0 Å². The van der Waals surface area contributed by atoms with E-state index >= 15 is 0 Å². The largest absolute Gasteiger partial charge is 0.384 e. The van der Waals surface area contributed by atoms with Crippen LogP contribution in [-0.2, 0) is 11.3 Å². The third-order valence-electron chi connectivity index (χ3n) is 4.05. The third-order valence-corrected chi connectivity index (χ3v) is 4.05. The average Bonchev–Trinajstić information content (AvgIpc) is 2.78. The summed E-state index contributed by atoms with van der Waals surface area (Å²) in [5, 5.41) is 8.74. The molecule has 112 valence electrons. The molecular weight excluding hydrogens is 262 g/mol. The number of carbonyl (C=O) groups is 1. The van der Waals surface area contributed by atoms with Gasteiger partial charge in [0.25, 0.3) is 0 Å². The van der Waals surface area contributed by atoms with Gasteiger partial charge in [0.15, 0.2) is 0 Å². The van der Waals surface area contributed by atoms with Crippen LogP contribution in [0.2, 0.25) is 0 Å². The van der Waals surface area contributed by atoms with Gasteiger partial charge in [-0.2, -0.15) is 0 Å². The Morgan fingerprint density at radius 1 is 1.38 bits per heavy atom. The van der Waals surface area contributed by atoms with Crippen molar-refractivity contribution in [1.29, 1.82) is 0 Å². The lowest BCUT2D eigenvalue weighted by Crippen LogP contribution is -2.27. The number of carbonyl (C=O) groups excluding carboxylic acids is 1. The summed E-state index contributed by atoms with van der Waals surface area (Å²) in [5.41, 5.74) is 2.13. The Balaban J connectivity index is 2.07. The van der Waals surface area contributed by atoms with Crippen LogP contribution >= 0.6 is 0 Å². The number of rotatable bonds is 2. The van der Waals surface area contributed by atoms with E-state index in [-0.39, 0.29) is 17.9 Å². The molecule has 3 heteroatoms. The van der Waals surface area contributed by atoms with Gasteiger partial charge < -0.3 is 10.0 Å². The van der Waals surface area contributed by atoms with Crippen molar-refractivity contribution in [1.82, 2.24) is 4.90 Å². The highest BCUT2D eigenvalue weighted by Gasteiger charge is 2.36. The lowest BCUT2D eigenvalue weighted by atomic mass is 9.80. The van der Waals surface area contributed by atoms with Crippen LogP contribution in [0.3, 0.4) is 0 Å². The van der Waals surface area contributed by atoms with E-state index in [2.05, 4.69) is 32.6 Å². The van der Waals surface area contributed by atoms with Gasteiger partial charge in [0.1, 0.15) is 6.61 Å². The van der Waals surface area contributed by atoms with Crippen LogP contribution in [0.1, 0.15) is 38.3 Å². The monoisotopic (exact) mass is 285 g/mol. The second-order valence-corrected chi connectivity index (χ2v) is 6.70. The molecule has 0 aromatic heterocycles. The minimum absolute atomic E-state index is 0.137. The first-order chi connectivity index (χ1) is 9.90. The van der Waals surface area contributed by atoms with Crippen LogP contribution in [0.25, 0.3) is 0 Å². The van der Waals surface area contributed by atoms with Gasteiger partial charge >= 0.3 is 0 Å². The highest BCUT2D eigenvalue weighted by molar-refractivity contribution is 5.78. The van der Waals surface area contributed by atoms with Gasteiger partial charge in [-0.1, -0.05) is 44.7 Å². The van der Waals surface area contributed by atoms with Crippen molar-refractivity contribution in [2.45, 2.75) is 33.7 Å². The summed E-state index contributed by atoms with van der Waals surface area (Å²) in [7, 11) is 0. The zero-order valence-electron chi connectivity index (χ0n) is 13.0. The van der Waals surface area contributed by atoms with Crippen molar-refractivity contribution < 1.29 is 9.90 Å². The molecule has 0 saturated carbocycles. The lowest BCUT2D eigenvalue weighted by Gasteiger charge is -2.26. The van der Waals surface area contributed by atoms with Gasteiger partial charge in [-0.25, -0.2) is 0 Å². The van der Waals surface area contributed by atoms with Crippen molar-refractivity contribution in [3.8, 4) is 11.8 Å². The molecule has 0 radical (unpaired) electrons. The Bertz CT molecular complexity index is 575. The summed E-state index contributed by atoms with van der Waals surface area (Å²) < 4.78 is 0. The maximum Gasteiger partial charge on any atom is 0.223 e. The van der Waals surface area contributed by atoms with E-state index in [1.54, 1.807) is 0 Å².